The van der Waals surface area contributed by atoms with Crippen LogP contribution in [0.1, 0.15) is 23.7 Å². The molecule has 1 unspecified atom stereocenters. The Labute approximate surface area is 110 Å². The summed E-state index contributed by atoms with van der Waals surface area (Å²) >= 11 is 0. The number of ketones is 1. The Morgan fingerprint density at radius 2 is 2.32 bits per heavy atom. The highest BCUT2D eigenvalue weighted by molar-refractivity contribution is 6.00. The first-order valence-corrected chi connectivity index (χ1v) is 6.18. The first-order valence-electron chi connectivity index (χ1n) is 6.18. The molecule has 0 aliphatic carbocycles. The van der Waals surface area contributed by atoms with Crippen LogP contribution in [0.15, 0.2) is 18.2 Å². The van der Waals surface area contributed by atoms with Crippen molar-refractivity contribution >= 4 is 17.2 Å². The molecule has 102 valence electrons. The number of Topliss-reactive ketones (excluding diaryl/α,β-unsaturated/α-hetero) is 1. The van der Waals surface area contributed by atoms with Gasteiger partial charge in [0.1, 0.15) is 0 Å². The first kappa shape index (κ1) is 13.5. The van der Waals surface area contributed by atoms with Crippen molar-refractivity contribution < 1.29 is 14.8 Å². The highest BCUT2D eigenvalue weighted by Crippen LogP contribution is 2.30. The summed E-state index contributed by atoms with van der Waals surface area (Å²) in [5.41, 5.74) is 1.01. The minimum absolute atomic E-state index is 0.0770. The van der Waals surface area contributed by atoms with E-state index in [-0.39, 0.29) is 24.0 Å². The van der Waals surface area contributed by atoms with Crippen molar-refractivity contribution in [3.05, 3.63) is 33.9 Å². The van der Waals surface area contributed by atoms with Crippen molar-refractivity contribution in [1.82, 2.24) is 0 Å². The van der Waals surface area contributed by atoms with E-state index in [0.29, 0.717) is 17.8 Å². The predicted molar refractivity (Wildman–Crippen MR) is 70.5 cm³/mol. The van der Waals surface area contributed by atoms with E-state index in [2.05, 4.69) is 0 Å². The molecule has 0 bridgehead atoms. The van der Waals surface area contributed by atoms with Gasteiger partial charge in [0.2, 0.25) is 0 Å². The maximum absolute atomic E-state index is 11.7. The number of carbonyl (C=O) groups excluding carboxylic acids is 1. The number of hydrogen-bond donors (Lipinski definition) is 1. The number of nitrogens with zero attached hydrogens (tertiary/aromatic N) is 2. The Balaban J connectivity index is 2.35. The molecule has 0 amide bonds. The van der Waals surface area contributed by atoms with Crippen LogP contribution in [-0.4, -0.2) is 35.5 Å². The number of benzene rings is 1. The van der Waals surface area contributed by atoms with E-state index in [1.165, 1.54) is 19.1 Å². The summed E-state index contributed by atoms with van der Waals surface area (Å²) < 4.78 is 0. The lowest BCUT2D eigenvalue weighted by molar-refractivity contribution is -0.384. The summed E-state index contributed by atoms with van der Waals surface area (Å²) in [5.74, 6) is 0.0150. The van der Waals surface area contributed by atoms with Gasteiger partial charge in [-0.05, 0) is 19.4 Å². The topological polar surface area (TPSA) is 83.7 Å². The Hall–Kier alpha value is -1.95. The molecule has 1 aliphatic heterocycles. The molecular weight excluding hydrogens is 248 g/mol. The van der Waals surface area contributed by atoms with E-state index >= 15 is 0 Å². The van der Waals surface area contributed by atoms with E-state index in [4.69, 9.17) is 5.11 Å². The van der Waals surface area contributed by atoms with Gasteiger partial charge in [0.15, 0.2) is 5.78 Å². The molecule has 6 nitrogen and oxygen atoms in total. The standard InChI is InChI=1S/C13H16N2O4/c1-9(17)12-6-11(15(18)19)2-3-13(12)14-5-4-10(7-14)8-16/h2-3,6,10,16H,4-5,7-8H2,1H3. The number of anilines is 1. The molecule has 1 saturated heterocycles. The minimum Gasteiger partial charge on any atom is -0.396 e. The summed E-state index contributed by atoms with van der Waals surface area (Å²) in [6.07, 6.45) is 0.866. The molecule has 6 heteroatoms. The molecule has 1 fully saturated rings. The third-order valence-corrected chi connectivity index (χ3v) is 3.45. The van der Waals surface area contributed by atoms with Crippen LogP contribution in [0.4, 0.5) is 11.4 Å². The van der Waals surface area contributed by atoms with Gasteiger partial charge in [-0.15, -0.1) is 0 Å². The van der Waals surface area contributed by atoms with E-state index in [1.54, 1.807) is 6.07 Å². The van der Waals surface area contributed by atoms with Crippen molar-refractivity contribution in [2.24, 2.45) is 5.92 Å². The van der Waals surface area contributed by atoms with Gasteiger partial charge in [0, 0.05) is 49.0 Å². The van der Waals surface area contributed by atoms with Gasteiger partial charge in [-0.25, -0.2) is 0 Å². The third-order valence-electron chi connectivity index (χ3n) is 3.45. The molecule has 1 aromatic carbocycles. The molecule has 1 heterocycles. The lowest BCUT2D eigenvalue weighted by atomic mass is 10.1. The minimum atomic E-state index is -0.503. The van der Waals surface area contributed by atoms with Gasteiger partial charge >= 0.3 is 0 Å². The number of non-ortho nitro benzene ring substituents is 1. The number of aliphatic hydroxyl groups excluding tert-OH is 1. The van der Waals surface area contributed by atoms with Gasteiger partial charge in [-0.3, -0.25) is 14.9 Å². The maximum Gasteiger partial charge on any atom is 0.270 e. The lowest BCUT2D eigenvalue weighted by Crippen LogP contribution is -2.22. The summed E-state index contributed by atoms with van der Waals surface area (Å²) in [6.45, 7) is 2.96. The molecule has 19 heavy (non-hydrogen) atoms. The summed E-state index contributed by atoms with van der Waals surface area (Å²) in [7, 11) is 0. The van der Waals surface area contributed by atoms with Crippen LogP contribution in [0.3, 0.4) is 0 Å². The van der Waals surface area contributed by atoms with Crippen molar-refractivity contribution in [3.63, 3.8) is 0 Å². The second kappa shape index (κ2) is 5.36. The van der Waals surface area contributed by atoms with Gasteiger partial charge in [0.25, 0.3) is 5.69 Å². The Bertz CT molecular complexity index is 515. The van der Waals surface area contributed by atoms with Crippen LogP contribution >= 0.6 is 0 Å². The van der Waals surface area contributed by atoms with Crippen molar-refractivity contribution in [2.45, 2.75) is 13.3 Å². The number of rotatable bonds is 4. The lowest BCUT2D eigenvalue weighted by Gasteiger charge is -2.20. The molecule has 0 aromatic heterocycles. The van der Waals surface area contributed by atoms with Crippen LogP contribution in [0.25, 0.3) is 0 Å². The monoisotopic (exact) mass is 264 g/mol. The zero-order valence-corrected chi connectivity index (χ0v) is 10.7. The van der Waals surface area contributed by atoms with Crippen LogP contribution in [0.2, 0.25) is 0 Å². The second-order valence-electron chi connectivity index (χ2n) is 4.80. The average molecular weight is 264 g/mol. The molecule has 1 aromatic rings. The molecule has 1 aliphatic rings. The van der Waals surface area contributed by atoms with Crippen LogP contribution < -0.4 is 4.90 Å². The van der Waals surface area contributed by atoms with Crippen molar-refractivity contribution in [2.75, 3.05) is 24.6 Å². The Morgan fingerprint density at radius 3 is 2.84 bits per heavy atom. The molecular formula is C13H16N2O4. The molecule has 0 radical (unpaired) electrons. The van der Waals surface area contributed by atoms with Crippen molar-refractivity contribution in [3.8, 4) is 0 Å². The fourth-order valence-corrected chi connectivity index (χ4v) is 2.40. The number of nitro groups is 1. The average Bonchev–Trinajstić information content (AvgIpc) is 2.86. The normalized spacial score (nSPS) is 18.6. The van der Waals surface area contributed by atoms with Crippen LogP contribution in [0, 0.1) is 16.0 Å². The van der Waals surface area contributed by atoms with Crippen molar-refractivity contribution in [1.29, 1.82) is 0 Å². The van der Waals surface area contributed by atoms with E-state index in [0.717, 1.165) is 13.0 Å². The Kier molecular flexibility index (Phi) is 3.80. The van der Waals surface area contributed by atoms with Crippen LogP contribution in [-0.2, 0) is 0 Å². The Morgan fingerprint density at radius 1 is 1.58 bits per heavy atom. The zero-order valence-electron chi connectivity index (χ0n) is 10.7. The van der Waals surface area contributed by atoms with Gasteiger partial charge in [0.05, 0.1) is 4.92 Å². The summed E-state index contributed by atoms with van der Waals surface area (Å²) in [5, 5.41) is 19.9. The number of nitro benzene ring substituents is 1. The van der Waals surface area contributed by atoms with E-state index in [1.807, 2.05) is 4.90 Å². The maximum atomic E-state index is 11.7. The smallest absolute Gasteiger partial charge is 0.270 e. The highest BCUT2D eigenvalue weighted by atomic mass is 16.6. The molecule has 0 saturated carbocycles. The molecule has 0 spiro atoms. The molecule has 1 atom stereocenters. The largest absolute Gasteiger partial charge is 0.396 e. The molecule has 2 rings (SSSR count). The van der Waals surface area contributed by atoms with Gasteiger partial charge in [-0.2, -0.15) is 0 Å². The summed E-state index contributed by atoms with van der Waals surface area (Å²) in [6, 6.07) is 4.35. The number of aliphatic hydroxyl groups is 1. The second-order valence-corrected chi connectivity index (χ2v) is 4.80. The fraction of sp³-hybridized carbons (Fsp3) is 0.462. The van der Waals surface area contributed by atoms with E-state index < -0.39 is 4.92 Å². The predicted octanol–water partition coefficient (Wildman–Crippen LogP) is 1.62. The fourth-order valence-electron chi connectivity index (χ4n) is 2.40. The first-order chi connectivity index (χ1) is 9.02. The SMILES string of the molecule is CC(=O)c1cc([N+](=O)[O-])ccc1N1CCC(CO)C1. The third kappa shape index (κ3) is 2.73. The number of hydrogen-bond acceptors (Lipinski definition) is 5. The van der Waals surface area contributed by atoms with E-state index in [9.17, 15) is 14.9 Å². The summed E-state index contributed by atoms with van der Waals surface area (Å²) in [4.78, 5) is 23.9. The van der Waals surface area contributed by atoms with Gasteiger partial charge in [-0.1, -0.05) is 0 Å². The molecule has 1 N–H and O–H groups in total. The quantitative estimate of drug-likeness (QED) is 0.507. The highest BCUT2D eigenvalue weighted by Gasteiger charge is 2.25. The zero-order chi connectivity index (χ0) is 14.0. The van der Waals surface area contributed by atoms with Crippen LogP contribution in [0.5, 0.6) is 0 Å². The number of carbonyl (C=O) groups is 1. The van der Waals surface area contributed by atoms with Gasteiger partial charge < -0.3 is 10.0 Å².